The molecule has 1 aromatic heterocycles. The summed E-state index contributed by atoms with van der Waals surface area (Å²) in [6.45, 7) is 9.49. The zero-order valence-electron chi connectivity index (χ0n) is 10.4. The lowest BCUT2D eigenvalue weighted by Crippen LogP contribution is -2.38. The molecule has 86 valence electrons. The van der Waals surface area contributed by atoms with Gasteiger partial charge < -0.3 is 5.32 Å². The van der Waals surface area contributed by atoms with Gasteiger partial charge in [-0.25, -0.2) is 4.98 Å². The Morgan fingerprint density at radius 1 is 1.50 bits per heavy atom. The van der Waals surface area contributed by atoms with Gasteiger partial charge in [-0.3, -0.25) is 0 Å². The third-order valence-corrected chi connectivity index (χ3v) is 2.41. The first-order chi connectivity index (χ1) is 7.42. The van der Waals surface area contributed by atoms with Crippen molar-refractivity contribution >= 4 is 0 Å². The quantitative estimate of drug-likeness (QED) is 0.846. The second kappa shape index (κ2) is 5.09. The molecule has 1 aromatic rings. The van der Waals surface area contributed by atoms with Gasteiger partial charge in [0.15, 0.2) is 0 Å². The lowest BCUT2D eigenvalue weighted by molar-refractivity contribution is 0.412. The molecule has 1 atom stereocenters. The summed E-state index contributed by atoms with van der Waals surface area (Å²) in [4.78, 5) is 3.97. The minimum Gasteiger partial charge on any atom is -0.311 e. The van der Waals surface area contributed by atoms with Crippen molar-refractivity contribution in [1.82, 2.24) is 10.3 Å². The van der Waals surface area contributed by atoms with E-state index in [1.165, 1.54) is 0 Å². The van der Waals surface area contributed by atoms with Gasteiger partial charge in [-0.15, -0.1) is 0 Å². The summed E-state index contributed by atoms with van der Waals surface area (Å²) in [5.41, 5.74) is 1.77. The summed E-state index contributed by atoms with van der Waals surface area (Å²) >= 11 is 0. The predicted molar refractivity (Wildman–Crippen MR) is 65.1 cm³/mol. The molecule has 1 rings (SSSR count). The van der Waals surface area contributed by atoms with Crippen LogP contribution in [0, 0.1) is 11.3 Å². The number of nitrogens with one attached hydrogen (secondary N) is 1. The van der Waals surface area contributed by atoms with E-state index in [-0.39, 0.29) is 5.54 Å². The summed E-state index contributed by atoms with van der Waals surface area (Å²) in [6, 6.07) is 5.89. The molecule has 16 heavy (non-hydrogen) atoms. The third-order valence-electron chi connectivity index (χ3n) is 2.41. The van der Waals surface area contributed by atoms with Crippen LogP contribution in [0.2, 0.25) is 0 Å². The van der Waals surface area contributed by atoms with Gasteiger partial charge in [-0.05, 0) is 44.4 Å². The predicted octanol–water partition coefficient (Wildman–Crippen LogP) is 2.44. The van der Waals surface area contributed by atoms with Gasteiger partial charge in [0.1, 0.15) is 11.8 Å². The Morgan fingerprint density at radius 2 is 2.19 bits per heavy atom. The van der Waals surface area contributed by atoms with Crippen LogP contribution >= 0.6 is 0 Å². The molecule has 0 aliphatic carbocycles. The van der Waals surface area contributed by atoms with Crippen molar-refractivity contribution in [2.24, 2.45) is 0 Å². The fourth-order valence-corrected chi connectivity index (χ4v) is 1.39. The van der Waals surface area contributed by atoms with E-state index in [1.807, 2.05) is 12.1 Å². The van der Waals surface area contributed by atoms with Crippen molar-refractivity contribution in [2.75, 3.05) is 6.54 Å². The lowest BCUT2D eigenvalue weighted by Gasteiger charge is -2.23. The third kappa shape index (κ3) is 4.00. The van der Waals surface area contributed by atoms with E-state index >= 15 is 0 Å². The number of hydrogen-bond acceptors (Lipinski definition) is 3. The fraction of sp³-hybridized carbons (Fsp3) is 0.538. The van der Waals surface area contributed by atoms with Gasteiger partial charge in [0.05, 0.1) is 0 Å². The minimum absolute atomic E-state index is 0.124. The summed E-state index contributed by atoms with van der Waals surface area (Å²) < 4.78 is 0. The summed E-state index contributed by atoms with van der Waals surface area (Å²) in [5, 5.41) is 12.2. The van der Waals surface area contributed by atoms with Crippen molar-refractivity contribution in [3.8, 4) is 6.07 Å². The first-order valence-corrected chi connectivity index (χ1v) is 5.53. The maximum Gasteiger partial charge on any atom is 0.140 e. The highest BCUT2D eigenvalue weighted by Crippen LogP contribution is 2.15. The number of rotatable bonds is 3. The van der Waals surface area contributed by atoms with Gasteiger partial charge in [0.2, 0.25) is 0 Å². The Labute approximate surface area is 97.5 Å². The molecule has 0 radical (unpaired) electrons. The molecular weight excluding hydrogens is 198 g/mol. The zero-order valence-corrected chi connectivity index (χ0v) is 10.4. The van der Waals surface area contributed by atoms with Crippen molar-refractivity contribution in [1.29, 1.82) is 5.26 Å². The molecule has 0 aliphatic rings. The van der Waals surface area contributed by atoms with Crippen LogP contribution in [0.5, 0.6) is 0 Å². The second-order valence-electron chi connectivity index (χ2n) is 5.12. The molecule has 1 heterocycles. The molecule has 0 saturated carbocycles. The molecule has 0 bridgehead atoms. The fourth-order valence-electron chi connectivity index (χ4n) is 1.39. The number of nitriles is 1. The molecule has 3 heteroatoms. The van der Waals surface area contributed by atoms with Gasteiger partial charge in [-0.1, -0.05) is 6.92 Å². The highest BCUT2D eigenvalue weighted by molar-refractivity contribution is 5.27. The topological polar surface area (TPSA) is 48.7 Å². The minimum atomic E-state index is 0.124. The molecule has 0 saturated heterocycles. The summed E-state index contributed by atoms with van der Waals surface area (Å²) in [5.74, 6) is 0.384. The van der Waals surface area contributed by atoms with Gasteiger partial charge in [-0.2, -0.15) is 5.26 Å². The normalized spacial score (nSPS) is 13.2. The van der Waals surface area contributed by atoms with Crippen LogP contribution in [0.1, 0.15) is 44.9 Å². The summed E-state index contributed by atoms with van der Waals surface area (Å²) in [7, 11) is 0. The molecule has 0 unspecified atom stereocenters. The van der Waals surface area contributed by atoms with E-state index < -0.39 is 0 Å². The Kier molecular flexibility index (Phi) is 4.03. The van der Waals surface area contributed by atoms with E-state index in [0.717, 1.165) is 12.1 Å². The van der Waals surface area contributed by atoms with E-state index in [4.69, 9.17) is 5.26 Å². The first-order valence-electron chi connectivity index (χ1n) is 5.53. The van der Waals surface area contributed by atoms with Crippen molar-refractivity contribution in [3.63, 3.8) is 0 Å². The van der Waals surface area contributed by atoms with Crippen molar-refractivity contribution in [2.45, 2.75) is 39.2 Å². The van der Waals surface area contributed by atoms with Gasteiger partial charge in [0.25, 0.3) is 0 Å². The number of pyridine rings is 1. The standard InChI is InChI=1S/C13H19N3/c1-10(9-16-13(2,3)4)11-5-6-15-12(7-11)8-14/h5-7,10,16H,9H2,1-4H3/t10-/m1/s1. The molecule has 3 nitrogen and oxygen atoms in total. The van der Waals surface area contributed by atoms with E-state index in [0.29, 0.717) is 11.6 Å². The molecule has 1 N–H and O–H groups in total. The smallest absolute Gasteiger partial charge is 0.140 e. The van der Waals surface area contributed by atoms with Crippen molar-refractivity contribution in [3.05, 3.63) is 29.6 Å². The van der Waals surface area contributed by atoms with E-state index in [1.54, 1.807) is 6.20 Å². The van der Waals surface area contributed by atoms with E-state index in [2.05, 4.69) is 44.1 Å². The van der Waals surface area contributed by atoms with Crippen LogP contribution in [0.25, 0.3) is 0 Å². The van der Waals surface area contributed by atoms with Crippen LogP contribution in [-0.4, -0.2) is 17.1 Å². The molecule has 0 aliphatic heterocycles. The Balaban J connectivity index is 2.66. The highest BCUT2D eigenvalue weighted by Gasteiger charge is 2.12. The van der Waals surface area contributed by atoms with Crippen molar-refractivity contribution < 1.29 is 0 Å². The molecule has 0 aromatic carbocycles. The van der Waals surface area contributed by atoms with E-state index in [9.17, 15) is 0 Å². The number of nitrogens with zero attached hydrogens (tertiary/aromatic N) is 2. The number of hydrogen-bond donors (Lipinski definition) is 1. The van der Waals surface area contributed by atoms with Gasteiger partial charge in [0, 0.05) is 18.3 Å². The van der Waals surface area contributed by atoms with Crippen LogP contribution in [-0.2, 0) is 0 Å². The summed E-state index contributed by atoms with van der Waals surface area (Å²) in [6.07, 6.45) is 1.70. The largest absolute Gasteiger partial charge is 0.311 e. The Morgan fingerprint density at radius 3 is 2.75 bits per heavy atom. The van der Waals surface area contributed by atoms with Gasteiger partial charge >= 0.3 is 0 Å². The Bertz CT molecular complexity index is 385. The Hall–Kier alpha value is -1.40. The SMILES string of the molecule is C[C@H](CNC(C)(C)C)c1ccnc(C#N)c1. The highest BCUT2D eigenvalue weighted by atomic mass is 14.9. The average Bonchev–Trinajstić information content (AvgIpc) is 2.25. The first kappa shape index (κ1) is 12.7. The molecule has 0 spiro atoms. The van der Waals surface area contributed by atoms with Crippen LogP contribution in [0.3, 0.4) is 0 Å². The maximum absolute atomic E-state index is 8.77. The molecular formula is C13H19N3. The van der Waals surface area contributed by atoms with Crippen LogP contribution in [0.4, 0.5) is 0 Å². The molecule has 0 amide bonds. The second-order valence-corrected chi connectivity index (χ2v) is 5.12. The molecule has 0 fully saturated rings. The monoisotopic (exact) mass is 217 g/mol. The lowest BCUT2D eigenvalue weighted by atomic mass is 10.00. The number of aromatic nitrogens is 1. The maximum atomic E-state index is 8.77. The van der Waals surface area contributed by atoms with Crippen LogP contribution in [0.15, 0.2) is 18.3 Å². The zero-order chi connectivity index (χ0) is 12.2. The van der Waals surface area contributed by atoms with Crippen LogP contribution < -0.4 is 5.32 Å². The average molecular weight is 217 g/mol.